The molecule has 1 unspecified atom stereocenters. The van der Waals surface area contributed by atoms with E-state index in [0.717, 1.165) is 15.7 Å². The number of nitrogens with one attached hydrogen (secondary N) is 1. The van der Waals surface area contributed by atoms with Crippen LogP contribution in [0.15, 0.2) is 58.9 Å². The van der Waals surface area contributed by atoms with Crippen LogP contribution < -0.4 is 10.1 Å². The first-order chi connectivity index (χ1) is 13.1. The Labute approximate surface area is 167 Å². The Balaban J connectivity index is 1.54. The molecule has 0 saturated heterocycles. The summed E-state index contributed by atoms with van der Waals surface area (Å²) >= 11 is 2.97. The summed E-state index contributed by atoms with van der Waals surface area (Å²) in [6, 6.07) is 17.8. The Hall–Kier alpha value is -2.38. The Bertz CT molecular complexity index is 866. The number of benzene rings is 2. The summed E-state index contributed by atoms with van der Waals surface area (Å²) in [5, 5.41) is 11.5. The molecule has 3 aromatic rings. The molecule has 0 aliphatic carbocycles. The lowest BCUT2D eigenvalue weighted by Crippen LogP contribution is -2.32. The second kappa shape index (κ2) is 9.53. The molecule has 0 radical (unpaired) electrons. The molecule has 0 aliphatic heterocycles. The van der Waals surface area contributed by atoms with Crippen molar-refractivity contribution in [2.75, 3.05) is 5.32 Å². The number of rotatable bonds is 8. The lowest BCUT2D eigenvalue weighted by Gasteiger charge is -2.16. The van der Waals surface area contributed by atoms with Crippen LogP contribution >= 0.6 is 23.1 Å². The first kappa shape index (κ1) is 19.4. The summed E-state index contributed by atoms with van der Waals surface area (Å²) in [4.78, 5) is 12.5. The van der Waals surface area contributed by atoms with Crippen LogP contribution in [-0.4, -0.2) is 22.2 Å². The van der Waals surface area contributed by atoms with Crippen molar-refractivity contribution >= 4 is 34.1 Å². The number of hydrogen-bond donors (Lipinski definition) is 1. The molecule has 7 heteroatoms. The first-order valence-electron chi connectivity index (χ1n) is 8.68. The Kier molecular flexibility index (Phi) is 6.84. The van der Waals surface area contributed by atoms with E-state index in [4.69, 9.17) is 4.74 Å². The van der Waals surface area contributed by atoms with E-state index in [0.29, 0.717) is 17.3 Å². The fourth-order valence-corrected chi connectivity index (χ4v) is 4.04. The number of aryl methyl sites for hydroxylation is 1. The van der Waals surface area contributed by atoms with Crippen molar-refractivity contribution in [1.29, 1.82) is 0 Å². The second-order valence-corrected chi connectivity index (χ2v) is 8.16. The summed E-state index contributed by atoms with van der Waals surface area (Å²) in [5.74, 6) is 1.28. The molecule has 0 saturated carbocycles. The molecule has 3 rings (SSSR count). The van der Waals surface area contributed by atoms with Crippen LogP contribution in [0.4, 0.5) is 5.13 Å². The fraction of sp³-hybridized carbons (Fsp3) is 0.250. The highest BCUT2D eigenvalue weighted by Crippen LogP contribution is 2.28. The molecule has 1 aromatic heterocycles. The molecule has 1 heterocycles. The Morgan fingerprint density at radius 3 is 2.59 bits per heavy atom. The molecule has 1 N–H and O–H groups in total. The highest BCUT2D eigenvalue weighted by molar-refractivity contribution is 8.00. The van der Waals surface area contributed by atoms with Gasteiger partial charge in [-0.25, -0.2) is 0 Å². The van der Waals surface area contributed by atoms with E-state index in [9.17, 15) is 4.79 Å². The van der Waals surface area contributed by atoms with Crippen molar-refractivity contribution < 1.29 is 9.53 Å². The maximum Gasteiger partial charge on any atom is 0.267 e. The third kappa shape index (κ3) is 5.80. The topological polar surface area (TPSA) is 64.1 Å². The monoisotopic (exact) mass is 399 g/mol. The van der Waals surface area contributed by atoms with Gasteiger partial charge in [0.15, 0.2) is 10.4 Å². The third-order valence-corrected chi connectivity index (χ3v) is 5.85. The average Bonchev–Trinajstić information content (AvgIpc) is 3.14. The molecule has 27 heavy (non-hydrogen) atoms. The van der Waals surface area contributed by atoms with Gasteiger partial charge in [0.2, 0.25) is 5.13 Å². The zero-order valence-electron chi connectivity index (χ0n) is 15.2. The first-order valence-corrected chi connectivity index (χ1v) is 10.5. The van der Waals surface area contributed by atoms with E-state index >= 15 is 0 Å². The Morgan fingerprint density at radius 2 is 1.89 bits per heavy atom. The third-order valence-electron chi connectivity index (χ3n) is 3.80. The van der Waals surface area contributed by atoms with Crippen molar-refractivity contribution in [3.05, 3.63) is 65.7 Å². The average molecular weight is 400 g/mol. The van der Waals surface area contributed by atoms with E-state index in [1.54, 1.807) is 11.8 Å². The molecule has 1 amide bonds. The van der Waals surface area contributed by atoms with E-state index in [1.807, 2.05) is 56.3 Å². The zero-order chi connectivity index (χ0) is 19.1. The van der Waals surface area contributed by atoms with E-state index in [1.165, 1.54) is 16.9 Å². The quantitative estimate of drug-likeness (QED) is 0.430. The van der Waals surface area contributed by atoms with Gasteiger partial charge in [-0.05, 0) is 31.0 Å². The van der Waals surface area contributed by atoms with Gasteiger partial charge in [-0.2, -0.15) is 0 Å². The molecular formula is C20H21N3O2S2. The van der Waals surface area contributed by atoms with Crippen LogP contribution in [0, 0.1) is 6.92 Å². The van der Waals surface area contributed by atoms with E-state index < -0.39 is 6.10 Å². The summed E-state index contributed by atoms with van der Waals surface area (Å²) in [6.45, 7) is 3.93. The number of thioether (sulfide) groups is 1. The van der Waals surface area contributed by atoms with Gasteiger partial charge in [-0.3, -0.25) is 10.1 Å². The summed E-state index contributed by atoms with van der Waals surface area (Å²) in [6.07, 6.45) is -0.00858. The number of carbonyl (C=O) groups is 1. The highest BCUT2D eigenvalue weighted by Gasteiger charge is 2.20. The van der Waals surface area contributed by atoms with Crippen LogP contribution in [0.5, 0.6) is 5.75 Å². The number of aromatic nitrogens is 2. The minimum Gasteiger partial charge on any atom is -0.481 e. The smallest absolute Gasteiger partial charge is 0.267 e. The fourth-order valence-electron chi connectivity index (χ4n) is 2.33. The number of amides is 1. The Morgan fingerprint density at radius 1 is 1.15 bits per heavy atom. The van der Waals surface area contributed by atoms with Gasteiger partial charge in [-0.15, -0.1) is 10.2 Å². The summed E-state index contributed by atoms with van der Waals surface area (Å²) in [5.41, 5.74) is 2.37. The number of anilines is 1. The molecule has 5 nitrogen and oxygen atoms in total. The highest BCUT2D eigenvalue weighted by atomic mass is 32.2. The standard InChI is InChI=1S/C20H21N3O2S2/c1-3-17(25-16-11-9-14(2)10-12-16)18(24)21-19-22-23-20(27-19)26-13-15-7-5-4-6-8-15/h4-12,17H,3,13H2,1-2H3,(H,21,22,24). The molecule has 2 aromatic carbocycles. The van der Waals surface area contributed by atoms with Crippen LogP contribution in [0.1, 0.15) is 24.5 Å². The number of hydrogen-bond acceptors (Lipinski definition) is 6. The lowest BCUT2D eigenvalue weighted by atomic mass is 10.2. The van der Waals surface area contributed by atoms with Crippen molar-refractivity contribution in [2.45, 2.75) is 36.5 Å². The zero-order valence-corrected chi connectivity index (χ0v) is 16.8. The van der Waals surface area contributed by atoms with Crippen LogP contribution in [0.3, 0.4) is 0 Å². The summed E-state index contributed by atoms with van der Waals surface area (Å²) < 4.78 is 6.62. The number of carbonyl (C=O) groups excluding carboxylic acids is 1. The van der Waals surface area contributed by atoms with Gasteiger partial charge in [0.25, 0.3) is 5.91 Å². The predicted octanol–water partition coefficient (Wildman–Crippen LogP) is 4.93. The largest absolute Gasteiger partial charge is 0.481 e. The van der Waals surface area contributed by atoms with Gasteiger partial charge in [0.1, 0.15) is 5.75 Å². The number of ether oxygens (including phenoxy) is 1. The molecular weight excluding hydrogens is 378 g/mol. The van der Waals surface area contributed by atoms with Gasteiger partial charge in [0.05, 0.1) is 0 Å². The van der Waals surface area contributed by atoms with Gasteiger partial charge >= 0.3 is 0 Å². The predicted molar refractivity (Wildman–Crippen MR) is 110 cm³/mol. The number of nitrogens with zero attached hydrogens (tertiary/aromatic N) is 2. The summed E-state index contributed by atoms with van der Waals surface area (Å²) in [7, 11) is 0. The van der Waals surface area contributed by atoms with Crippen LogP contribution in [-0.2, 0) is 10.5 Å². The maximum atomic E-state index is 12.5. The van der Waals surface area contributed by atoms with Gasteiger partial charge in [-0.1, -0.05) is 78.1 Å². The minimum absolute atomic E-state index is 0.214. The maximum absolute atomic E-state index is 12.5. The van der Waals surface area contributed by atoms with Gasteiger partial charge in [0, 0.05) is 5.75 Å². The molecule has 0 aliphatic rings. The molecule has 140 valence electrons. The van der Waals surface area contributed by atoms with E-state index in [-0.39, 0.29) is 5.91 Å². The van der Waals surface area contributed by atoms with Crippen LogP contribution in [0.25, 0.3) is 0 Å². The molecule has 0 spiro atoms. The lowest BCUT2D eigenvalue weighted by molar-refractivity contribution is -0.122. The molecule has 1 atom stereocenters. The molecule has 0 fully saturated rings. The van der Waals surface area contributed by atoms with Crippen molar-refractivity contribution in [3.8, 4) is 5.75 Å². The van der Waals surface area contributed by atoms with Gasteiger partial charge < -0.3 is 4.74 Å². The molecule has 0 bridgehead atoms. The van der Waals surface area contributed by atoms with Crippen molar-refractivity contribution in [2.24, 2.45) is 0 Å². The van der Waals surface area contributed by atoms with E-state index in [2.05, 4.69) is 27.6 Å². The minimum atomic E-state index is -0.572. The normalized spacial score (nSPS) is 11.8. The van der Waals surface area contributed by atoms with Crippen LogP contribution in [0.2, 0.25) is 0 Å². The SMILES string of the molecule is CCC(Oc1ccc(C)cc1)C(=O)Nc1nnc(SCc2ccccc2)s1. The second-order valence-electron chi connectivity index (χ2n) is 5.96. The van der Waals surface area contributed by atoms with Crippen molar-refractivity contribution in [3.63, 3.8) is 0 Å². The van der Waals surface area contributed by atoms with Crippen molar-refractivity contribution in [1.82, 2.24) is 10.2 Å².